The van der Waals surface area contributed by atoms with Crippen LogP contribution in [0, 0.1) is 20.8 Å². The van der Waals surface area contributed by atoms with Crippen molar-refractivity contribution in [3.63, 3.8) is 0 Å². The zero-order valence-electron chi connectivity index (χ0n) is 23.7. The molecule has 0 amide bonds. The summed E-state index contributed by atoms with van der Waals surface area (Å²) in [6, 6.07) is 12.3. The van der Waals surface area contributed by atoms with Gasteiger partial charge in [-0.05, 0) is 91.0 Å². The Morgan fingerprint density at radius 1 is 0.886 bits per heavy atom. The minimum absolute atomic E-state index is 0.0898. The predicted octanol–water partition coefficient (Wildman–Crippen LogP) is 8.95. The third kappa shape index (κ3) is 15.8. The highest BCUT2D eigenvalue weighted by molar-refractivity contribution is 6.04. The minimum Gasteiger partial charge on any atom is -0.490 e. The molecule has 194 valence electrons. The molecule has 0 atom stereocenters. The van der Waals surface area contributed by atoms with Crippen molar-refractivity contribution in [2.75, 3.05) is 0 Å². The number of allylic oxidation sites excluding steroid dienone is 2. The van der Waals surface area contributed by atoms with Crippen molar-refractivity contribution in [2.45, 2.75) is 107 Å². The van der Waals surface area contributed by atoms with E-state index < -0.39 is 0 Å². The van der Waals surface area contributed by atoms with E-state index in [0.717, 1.165) is 17.7 Å². The van der Waals surface area contributed by atoms with E-state index in [0.29, 0.717) is 0 Å². The Balaban J connectivity index is 0.000000594. The van der Waals surface area contributed by atoms with Gasteiger partial charge in [0.05, 0.1) is 6.10 Å². The quantitative estimate of drug-likeness (QED) is 0.194. The molecule has 0 radical (unpaired) electrons. The molecule has 0 aromatic heterocycles. The van der Waals surface area contributed by atoms with Crippen LogP contribution < -0.4 is 4.74 Å². The Kier molecular flexibility index (Phi) is 17.2. The molecule has 0 spiro atoms. The molecule has 0 aliphatic carbocycles. The number of aryl methyl sites for hydroxylation is 4. The zero-order valence-corrected chi connectivity index (χ0v) is 23.7. The monoisotopic (exact) mass is 480 g/mol. The summed E-state index contributed by atoms with van der Waals surface area (Å²) >= 11 is 0. The van der Waals surface area contributed by atoms with E-state index >= 15 is 0 Å². The molecule has 3 nitrogen and oxygen atoms in total. The van der Waals surface area contributed by atoms with Gasteiger partial charge in [0.25, 0.3) is 0 Å². The molecule has 0 heterocycles. The third-order valence-corrected chi connectivity index (χ3v) is 5.08. The van der Waals surface area contributed by atoms with Crippen molar-refractivity contribution in [2.24, 2.45) is 0 Å². The number of hydrogen-bond acceptors (Lipinski definition) is 3. The van der Waals surface area contributed by atoms with Crippen molar-refractivity contribution in [3.05, 3.63) is 76.4 Å². The van der Waals surface area contributed by atoms with Crippen LogP contribution in [0.15, 0.2) is 48.6 Å². The first kappa shape index (κ1) is 32.3. The molecule has 0 fully saturated rings. The lowest BCUT2D eigenvalue weighted by Gasteiger charge is -2.15. The molecule has 2 aromatic carbocycles. The Morgan fingerprint density at radius 2 is 1.40 bits per heavy atom. The SMILES string of the molecule is C/C=C/C(=O)c1ccc(CCCCCCC)cc1.CC(C)=O.Cc1cc(C)c(OC(C)C)c(C)c1. The van der Waals surface area contributed by atoms with Crippen LogP contribution in [-0.4, -0.2) is 17.7 Å². The predicted molar refractivity (Wildman–Crippen MR) is 151 cm³/mol. The summed E-state index contributed by atoms with van der Waals surface area (Å²) in [4.78, 5) is 21.0. The third-order valence-electron chi connectivity index (χ3n) is 5.08. The fourth-order valence-corrected chi connectivity index (χ4v) is 3.60. The summed E-state index contributed by atoms with van der Waals surface area (Å²) in [5.41, 5.74) is 5.87. The fraction of sp³-hybridized carbons (Fsp3) is 0.500. The van der Waals surface area contributed by atoms with Gasteiger partial charge in [0.1, 0.15) is 11.5 Å². The molecule has 0 saturated carbocycles. The maximum atomic E-state index is 11.6. The van der Waals surface area contributed by atoms with Gasteiger partial charge in [-0.1, -0.05) is 80.6 Å². The first-order valence-corrected chi connectivity index (χ1v) is 13.0. The minimum atomic E-state index is 0.0898. The molecule has 0 bridgehead atoms. The topological polar surface area (TPSA) is 43.4 Å². The Morgan fingerprint density at radius 3 is 1.86 bits per heavy atom. The maximum Gasteiger partial charge on any atom is 0.185 e. The summed E-state index contributed by atoms with van der Waals surface area (Å²) in [5, 5.41) is 0. The number of carbonyl (C=O) groups is 2. The van der Waals surface area contributed by atoms with E-state index in [-0.39, 0.29) is 17.7 Å². The number of unbranched alkanes of at least 4 members (excludes halogenated alkanes) is 4. The lowest BCUT2D eigenvalue weighted by atomic mass is 10.0. The molecule has 35 heavy (non-hydrogen) atoms. The van der Waals surface area contributed by atoms with Crippen LogP contribution in [0.4, 0.5) is 0 Å². The number of rotatable bonds is 10. The standard InChI is InChI=1S/C17H24O.C12H18O.C3H6O/c1-3-5-6-7-8-10-15-11-13-16(14-12-15)17(18)9-4-2;1-8(2)13-12-10(4)6-9(3)7-11(12)5;1-3(2)4/h4,9,11-14H,3,5-8,10H2,1-2H3;6-8H,1-5H3;1-2H3/b9-4+;;. The Labute approximate surface area is 215 Å². The molecule has 0 unspecified atom stereocenters. The molecule has 2 aromatic rings. The van der Waals surface area contributed by atoms with Gasteiger partial charge in [-0.25, -0.2) is 0 Å². The van der Waals surface area contributed by atoms with Gasteiger partial charge in [-0.3, -0.25) is 4.79 Å². The second-order valence-electron chi connectivity index (χ2n) is 9.53. The highest BCUT2D eigenvalue weighted by atomic mass is 16.5. The number of ketones is 2. The molecule has 3 heteroatoms. The van der Waals surface area contributed by atoms with Gasteiger partial charge >= 0.3 is 0 Å². The van der Waals surface area contributed by atoms with E-state index in [2.05, 4.69) is 65.8 Å². The van der Waals surface area contributed by atoms with Crippen LogP contribution in [0.3, 0.4) is 0 Å². The van der Waals surface area contributed by atoms with Gasteiger partial charge in [-0.15, -0.1) is 0 Å². The van der Waals surface area contributed by atoms with E-state index in [1.54, 1.807) is 12.2 Å². The number of Topliss-reactive ketones (excluding diaryl/α,β-unsaturated/α-hetero) is 1. The molecule has 0 saturated heterocycles. The molecule has 0 aliphatic rings. The summed E-state index contributed by atoms with van der Waals surface area (Å²) in [5.74, 6) is 1.30. The lowest BCUT2D eigenvalue weighted by molar-refractivity contribution is -0.115. The van der Waals surface area contributed by atoms with Crippen molar-refractivity contribution >= 4 is 11.6 Å². The van der Waals surface area contributed by atoms with Crippen molar-refractivity contribution < 1.29 is 14.3 Å². The second kappa shape index (κ2) is 18.6. The van der Waals surface area contributed by atoms with E-state index in [4.69, 9.17) is 4.74 Å². The van der Waals surface area contributed by atoms with Crippen molar-refractivity contribution in [3.8, 4) is 5.75 Å². The number of hydrogen-bond donors (Lipinski definition) is 0. The van der Waals surface area contributed by atoms with Gasteiger partial charge in [0.15, 0.2) is 5.78 Å². The maximum absolute atomic E-state index is 11.6. The fourth-order valence-electron chi connectivity index (χ4n) is 3.60. The highest BCUT2D eigenvalue weighted by Gasteiger charge is 2.06. The van der Waals surface area contributed by atoms with Crippen molar-refractivity contribution in [1.29, 1.82) is 0 Å². The lowest BCUT2D eigenvalue weighted by Crippen LogP contribution is -2.08. The summed E-state index contributed by atoms with van der Waals surface area (Å²) in [7, 11) is 0. The summed E-state index contributed by atoms with van der Waals surface area (Å²) in [6.45, 7) is 17.6. The zero-order chi connectivity index (χ0) is 26.8. The van der Waals surface area contributed by atoms with Crippen LogP contribution in [0.5, 0.6) is 5.75 Å². The largest absolute Gasteiger partial charge is 0.490 e. The van der Waals surface area contributed by atoms with Crippen molar-refractivity contribution in [1.82, 2.24) is 0 Å². The normalized spacial score (nSPS) is 10.3. The number of benzene rings is 2. The molecule has 0 aliphatic heterocycles. The molecule has 2 rings (SSSR count). The first-order valence-electron chi connectivity index (χ1n) is 13.0. The summed E-state index contributed by atoms with van der Waals surface area (Å²) in [6.07, 6.45) is 11.3. The first-order chi connectivity index (χ1) is 16.5. The Hall–Kier alpha value is -2.68. The van der Waals surface area contributed by atoms with E-state index in [9.17, 15) is 9.59 Å². The van der Waals surface area contributed by atoms with Crippen LogP contribution >= 0.6 is 0 Å². The average molecular weight is 481 g/mol. The van der Waals surface area contributed by atoms with Gasteiger partial charge < -0.3 is 9.53 Å². The average Bonchev–Trinajstić information content (AvgIpc) is 2.77. The summed E-state index contributed by atoms with van der Waals surface area (Å²) < 4.78 is 5.73. The molecular weight excluding hydrogens is 432 g/mol. The number of ether oxygens (including phenoxy) is 1. The molecular formula is C32H48O3. The van der Waals surface area contributed by atoms with Gasteiger partial charge in [0, 0.05) is 5.56 Å². The van der Waals surface area contributed by atoms with Crippen LogP contribution in [-0.2, 0) is 11.2 Å². The van der Waals surface area contributed by atoms with Gasteiger partial charge in [0.2, 0.25) is 0 Å². The van der Waals surface area contributed by atoms with Crippen LogP contribution in [0.2, 0.25) is 0 Å². The van der Waals surface area contributed by atoms with Crippen LogP contribution in [0.1, 0.15) is 106 Å². The van der Waals surface area contributed by atoms with E-state index in [1.807, 2.05) is 19.1 Å². The van der Waals surface area contributed by atoms with E-state index in [1.165, 1.54) is 68.2 Å². The smallest absolute Gasteiger partial charge is 0.185 e. The second-order valence-corrected chi connectivity index (χ2v) is 9.53. The highest BCUT2D eigenvalue weighted by Crippen LogP contribution is 2.25. The molecule has 0 N–H and O–H groups in total. The Bertz CT molecular complexity index is 878. The van der Waals surface area contributed by atoms with Crippen LogP contribution in [0.25, 0.3) is 0 Å². The number of carbonyl (C=O) groups excluding carboxylic acids is 2. The van der Waals surface area contributed by atoms with Gasteiger partial charge in [-0.2, -0.15) is 0 Å².